The van der Waals surface area contributed by atoms with Crippen LogP contribution in [-0.2, 0) is 13.5 Å². The van der Waals surface area contributed by atoms with Crippen LogP contribution in [0.3, 0.4) is 0 Å². The number of hydrogen-bond donors (Lipinski definition) is 0. The van der Waals surface area contributed by atoms with Crippen molar-refractivity contribution in [3.8, 4) is 11.1 Å². The summed E-state index contributed by atoms with van der Waals surface area (Å²) < 4.78 is 1.92. The molecule has 0 radical (unpaired) electrons. The van der Waals surface area contributed by atoms with E-state index in [4.69, 9.17) is 19.4 Å². The van der Waals surface area contributed by atoms with Gasteiger partial charge in [0.15, 0.2) is 0 Å². The van der Waals surface area contributed by atoms with Crippen molar-refractivity contribution in [1.82, 2.24) is 4.98 Å². The standard InChI is InChI=1S/C25H26N.C11H9N.C7H6.2ClH.Ru/c1-18-16-19(2)24(20(3)17-18)26-15-14-23(21-10-6-4-7-11-21)25(26)22-12-8-5-9-13-22;1-2-4-10(5-3-1)11-6-8-12-9-7-11;1-7-5-3-2-4-6-7;;;/h4-13,15-17,23,25H,14H2,1-3H3;1-9H;1-6H;2*1H;/q-1;;;;;+2/p-2. The van der Waals surface area contributed by atoms with Crippen LogP contribution in [0.4, 0.5) is 5.69 Å². The van der Waals surface area contributed by atoms with Gasteiger partial charge in [0.25, 0.3) is 0 Å². The molecule has 7 rings (SSSR count). The Labute approximate surface area is 299 Å². The first-order chi connectivity index (χ1) is 23.4. The first-order valence-electron chi connectivity index (χ1n) is 16.0. The van der Waals surface area contributed by atoms with Crippen molar-refractivity contribution in [1.29, 1.82) is 0 Å². The van der Waals surface area contributed by atoms with Crippen molar-refractivity contribution in [3.63, 3.8) is 0 Å². The van der Waals surface area contributed by atoms with Gasteiger partial charge in [0.2, 0.25) is 0 Å². The molecule has 48 heavy (non-hydrogen) atoms. The van der Waals surface area contributed by atoms with Crippen LogP contribution < -0.4 is 4.90 Å². The molecule has 246 valence electrons. The second-order valence-corrected chi connectivity index (χ2v) is 17.5. The molecule has 1 fully saturated rings. The fourth-order valence-corrected chi connectivity index (χ4v) is 8.15. The summed E-state index contributed by atoms with van der Waals surface area (Å²) in [6.07, 6.45) is 4.68. The number of pyridine rings is 1. The van der Waals surface area contributed by atoms with E-state index in [1.165, 1.54) is 44.6 Å². The summed E-state index contributed by atoms with van der Waals surface area (Å²) in [6, 6.07) is 51.0. The van der Waals surface area contributed by atoms with Crippen LogP contribution in [0, 0.1) is 27.3 Å². The van der Waals surface area contributed by atoms with Crippen LogP contribution in [-0.4, -0.2) is 9.59 Å². The molecule has 1 aromatic heterocycles. The Hall–Kier alpha value is -3.88. The van der Waals surface area contributed by atoms with Crippen molar-refractivity contribution in [2.24, 2.45) is 0 Å². The van der Waals surface area contributed by atoms with Crippen molar-refractivity contribution >= 4 is 29.7 Å². The molecule has 0 aliphatic carbocycles. The maximum Gasteiger partial charge on any atom is 0.0273 e. The van der Waals surface area contributed by atoms with Crippen LogP contribution in [0.5, 0.6) is 0 Å². The predicted molar refractivity (Wildman–Crippen MR) is 203 cm³/mol. The third kappa shape index (κ3) is 9.83. The number of halogens is 2. The van der Waals surface area contributed by atoms with Crippen LogP contribution in [0.15, 0.2) is 158 Å². The molecule has 0 bridgehead atoms. The molecule has 2 heterocycles. The minimum absolute atomic E-state index is 0.332. The number of aryl methyl sites for hydroxylation is 3. The second-order valence-electron chi connectivity index (χ2n) is 11.8. The Kier molecular flexibility index (Phi) is 13.3. The van der Waals surface area contributed by atoms with Crippen molar-refractivity contribution < 1.29 is 13.5 Å². The van der Waals surface area contributed by atoms with Crippen molar-refractivity contribution in [3.05, 3.63) is 198 Å². The molecule has 1 saturated heterocycles. The number of aromatic nitrogens is 1. The topological polar surface area (TPSA) is 16.1 Å². The number of rotatable bonds is 5. The summed E-state index contributed by atoms with van der Waals surface area (Å²) in [7, 11) is 11.3. The third-order valence-corrected chi connectivity index (χ3v) is 10.2. The maximum atomic E-state index is 5.67. The molecule has 1 aliphatic heterocycles. The Balaban J connectivity index is 0.000000168. The Morgan fingerprint density at radius 2 is 1.12 bits per heavy atom. The zero-order valence-electron chi connectivity index (χ0n) is 27.5. The fourth-order valence-electron chi connectivity index (χ4n) is 6.32. The number of nitrogens with zero attached hydrogens (tertiary/aromatic N) is 2. The van der Waals surface area contributed by atoms with Crippen LogP contribution in [0.2, 0.25) is 0 Å². The molecule has 0 saturated carbocycles. The molecule has 2 nitrogen and oxygen atoms in total. The van der Waals surface area contributed by atoms with Gasteiger partial charge in [0.1, 0.15) is 0 Å². The van der Waals surface area contributed by atoms with Gasteiger partial charge in [-0.2, -0.15) is 6.42 Å². The Morgan fingerprint density at radius 3 is 1.67 bits per heavy atom. The number of benzene rings is 5. The van der Waals surface area contributed by atoms with Gasteiger partial charge in [-0.3, -0.25) is 4.98 Å². The predicted octanol–water partition coefficient (Wildman–Crippen LogP) is 12.0. The van der Waals surface area contributed by atoms with E-state index < -0.39 is 13.5 Å². The summed E-state index contributed by atoms with van der Waals surface area (Å²) >= 11 is -1.61. The SMILES string of the molecule is Cc1cc(C)c(N2[CH-]CC(c3ccccc3)C2c2ccccc2)c(C)c1.[Cl][Ru]([Cl])=[CH]c1ccccc1.c1ccc(-c2ccncc2)cc1. The number of hydrogen-bond acceptors (Lipinski definition) is 2. The molecular weight excluding hydrogens is 716 g/mol. The third-order valence-electron chi connectivity index (χ3n) is 8.28. The van der Waals surface area contributed by atoms with Crippen LogP contribution in [0.1, 0.15) is 51.8 Å². The average Bonchev–Trinajstić information content (AvgIpc) is 3.55. The second kappa shape index (κ2) is 18.0. The molecule has 5 heteroatoms. The van der Waals surface area contributed by atoms with Gasteiger partial charge in [-0.1, -0.05) is 109 Å². The molecule has 5 aromatic carbocycles. The molecule has 0 N–H and O–H groups in total. The number of anilines is 1. The van der Waals surface area contributed by atoms with Gasteiger partial charge in [0.05, 0.1) is 0 Å². The fraction of sp³-hybridized carbons (Fsp3) is 0.140. The molecule has 2 unspecified atom stereocenters. The van der Waals surface area contributed by atoms with E-state index >= 15 is 0 Å². The quantitative estimate of drug-likeness (QED) is 0.129. The Morgan fingerprint density at radius 1 is 0.646 bits per heavy atom. The zero-order chi connectivity index (χ0) is 33.7. The van der Waals surface area contributed by atoms with Crippen molar-refractivity contribution in [2.75, 3.05) is 4.90 Å². The molecule has 1 aliphatic rings. The van der Waals surface area contributed by atoms with Gasteiger partial charge in [-0.05, 0) is 72.2 Å². The molecule has 0 amide bonds. The summed E-state index contributed by atoms with van der Waals surface area (Å²) in [5.41, 5.74) is 11.8. The van der Waals surface area contributed by atoms with E-state index in [-0.39, 0.29) is 0 Å². The van der Waals surface area contributed by atoms with E-state index in [9.17, 15) is 0 Å². The normalized spacial score (nSPS) is 15.4. The van der Waals surface area contributed by atoms with Gasteiger partial charge >= 0.3 is 73.4 Å². The van der Waals surface area contributed by atoms with E-state index in [0.29, 0.717) is 12.0 Å². The first-order valence-corrected chi connectivity index (χ1v) is 21.5. The average molecular weight is 758 g/mol. The first kappa shape index (κ1) is 35.4. The smallest absolute Gasteiger partial charge is 0.0273 e. The summed E-state index contributed by atoms with van der Waals surface area (Å²) in [6.45, 7) is 9.06. The minimum atomic E-state index is -1.61. The molecule has 2 atom stereocenters. The van der Waals surface area contributed by atoms with Crippen molar-refractivity contribution in [2.45, 2.75) is 39.2 Å². The monoisotopic (exact) mass is 757 g/mol. The van der Waals surface area contributed by atoms with Gasteiger partial charge < -0.3 is 4.90 Å². The zero-order valence-corrected chi connectivity index (χ0v) is 30.8. The summed E-state index contributed by atoms with van der Waals surface area (Å²) in [5.74, 6) is 0.471. The molecular formula is C43H41Cl2N2Ru-. The van der Waals surface area contributed by atoms with E-state index in [2.05, 4.69) is 122 Å². The minimum Gasteiger partial charge on any atom is -0.265 e. The molecule has 6 aromatic rings. The maximum absolute atomic E-state index is 5.67. The van der Waals surface area contributed by atoms with Gasteiger partial charge in [-0.25, -0.2) is 6.54 Å². The van der Waals surface area contributed by atoms with E-state index in [1.54, 1.807) is 0 Å². The summed E-state index contributed by atoms with van der Waals surface area (Å²) in [4.78, 5) is 6.50. The van der Waals surface area contributed by atoms with E-state index in [0.717, 1.165) is 12.0 Å². The largest absolute Gasteiger partial charge is 0.265 e. The van der Waals surface area contributed by atoms with Crippen LogP contribution in [0.25, 0.3) is 11.1 Å². The molecule has 0 spiro atoms. The van der Waals surface area contributed by atoms with E-state index in [1.807, 2.05) is 77.7 Å². The van der Waals surface area contributed by atoms with Gasteiger partial charge in [0, 0.05) is 24.1 Å². The van der Waals surface area contributed by atoms with Gasteiger partial charge in [-0.15, -0.1) is 0 Å². The van der Waals surface area contributed by atoms with Crippen LogP contribution >= 0.6 is 19.4 Å². The Bertz CT molecular complexity index is 1800. The summed E-state index contributed by atoms with van der Waals surface area (Å²) in [5, 5.41) is 0.